The summed E-state index contributed by atoms with van der Waals surface area (Å²) in [6, 6.07) is -0.226. The number of halogens is 2. The van der Waals surface area contributed by atoms with Gasteiger partial charge in [0.15, 0.2) is 0 Å². The Hall–Kier alpha value is -2.03. The zero-order valence-corrected chi connectivity index (χ0v) is 13.9. The summed E-state index contributed by atoms with van der Waals surface area (Å²) in [7, 11) is 0. The van der Waals surface area contributed by atoms with Crippen molar-refractivity contribution in [1.29, 1.82) is 0 Å². The van der Waals surface area contributed by atoms with Crippen molar-refractivity contribution in [3.8, 4) is 0 Å². The molecule has 1 aromatic rings. The molecule has 0 aliphatic heterocycles. The summed E-state index contributed by atoms with van der Waals surface area (Å²) in [5, 5.41) is 20.3. The third kappa shape index (κ3) is 3.72. The maximum Gasteiger partial charge on any atom is 0.343 e. The zero-order valence-electron chi connectivity index (χ0n) is 13.1. The molecule has 10 heteroatoms. The van der Waals surface area contributed by atoms with Gasteiger partial charge in [-0.15, -0.1) is 0 Å². The number of nitro groups is 1. The minimum atomic E-state index is -2.53. The Labute approximate surface area is 142 Å². The number of hydrogen-bond acceptors (Lipinski definition) is 6. The van der Waals surface area contributed by atoms with Crippen LogP contribution in [0.25, 0.3) is 0 Å². The molecule has 1 N–H and O–H groups in total. The summed E-state index contributed by atoms with van der Waals surface area (Å²) >= 11 is 5.76. The highest BCUT2D eigenvalue weighted by Crippen LogP contribution is 2.35. The number of hydrogen-bond donors (Lipinski definition) is 1. The number of rotatable bonds is 7. The van der Waals surface area contributed by atoms with Crippen molar-refractivity contribution >= 4 is 29.1 Å². The second kappa shape index (κ2) is 7.25. The van der Waals surface area contributed by atoms with Gasteiger partial charge < -0.3 is 10.0 Å². The van der Waals surface area contributed by atoms with Crippen LogP contribution in [0, 0.1) is 10.1 Å². The molecule has 0 aromatic carbocycles. The first kappa shape index (κ1) is 18.3. The molecule has 0 amide bonds. The average molecular weight is 361 g/mol. The lowest BCUT2D eigenvalue weighted by molar-refractivity contribution is -0.384. The molecule has 8 nitrogen and oxygen atoms in total. The molecule has 0 spiro atoms. The van der Waals surface area contributed by atoms with E-state index < -0.39 is 28.8 Å². The van der Waals surface area contributed by atoms with Crippen LogP contribution < -0.4 is 4.90 Å². The summed E-state index contributed by atoms with van der Waals surface area (Å²) in [4.78, 5) is 30.8. The summed E-state index contributed by atoms with van der Waals surface area (Å²) in [6.07, 6.45) is 3.81. The Kier molecular flexibility index (Phi) is 5.53. The smallest absolute Gasteiger partial charge is 0.343 e. The van der Waals surface area contributed by atoms with Crippen molar-refractivity contribution < 1.29 is 19.2 Å². The summed E-state index contributed by atoms with van der Waals surface area (Å²) in [5.74, 6) is -1.74. The van der Waals surface area contributed by atoms with E-state index >= 15 is 0 Å². The van der Waals surface area contributed by atoms with Gasteiger partial charge in [0.25, 0.3) is 0 Å². The molecule has 132 valence electrons. The van der Waals surface area contributed by atoms with E-state index in [2.05, 4.69) is 9.97 Å². The van der Waals surface area contributed by atoms with Crippen LogP contribution in [-0.2, 0) is 4.79 Å². The summed E-state index contributed by atoms with van der Waals surface area (Å²) in [5.41, 5.74) is -2.96. The molecule has 1 aliphatic rings. The van der Waals surface area contributed by atoms with Gasteiger partial charge in [0.2, 0.25) is 16.8 Å². The van der Waals surface area contributed by atoms with Crippen LogP contribution in [0.3, 0.4) is 0 Å². The summed E-state index contributed by atoms with van der Waals surface area (Å²) < 4.78 is 14.8. The van der Waals surface area contributed by atoms with Gasteiger partial charge in [-0.2, -0.15) is 4.98 Å². The number of nitrogens with zero attached hydrogens (tertiary/aromatic N) is 4. The van der Waals surface area contributed by atoms with Crippen molar-refractivity contribution in [2.45, 2.75) is 50.7 Å². The number of anilines is 1. The van der Waals surface area contributed by atoms with Crippen LogP contribution in [0.15, 0.2) is 6.20 Å². The van der Waals surface area contributed by atoms with Crippen molar-refractivity contribution in [3.05, 3.63) is 21.6 Å². The number of carboxylic acids is 1. The Bertz CT molecular complexity index is 641. The van der Waals surface area contributed by atoms with Gasteiger partial charge >= 0.3 is 11.7 Å². The van der Waals surface area contributed by atoms with Crippen LogP contribution >= 0.6 is 11.6 Å². The summed E-state index contributed by atoms with van der Waals surface area (Å²) in [6.45, 7) is 0.889. The average Bonchev–Trinajstić information content (AvgIpc) is 3.05. The fourth-order valence-corrected chi connectivity index (χ4v) is 3.01. The van der Waals surface area contributed by atoms with E-state index in [0.717, 1.165) is 19.0 Å². The third-order valence-electron chi connectivity index (χ3n) is 4.32. The van der Waals surface area contributed by atoms with Crippen molar-refractivity contribution in [1.82, 2.24) is 9.97 Å². The highest BCUT2D eigenvalue weighted by Gasteiger charge is 2.42. The lowest BCUT2D eigenvalue weighted by Crippen LogP contribution is -2.49. The SMILES string of the molecule is CCC(F)(CN(c1nc(Cl)ncc1[N+](=O)[O-])C1CCCC1)C(=O)O. The van der Waals surface area contributed by atoms with Crippen LogP contribution in [-0.4, -0.2) is 44.2 Å². The molecule has 0 saturated heterocycles. The predicted octanol–water partition coefficient (Wildman–Crippen LogP) is 2.99. The number of aliphatic carboxylic acids is 1. The lowest BCUT2D eigenvalue weighted by atomic mass is 10.0. The second-order valence-corrected chi connectivity index (χ2v) is 6.13. The Morgan fingerprint density at radius 2 is 2.21 bits per heavy atom. The van der Waals surface area contributed by atoms with E-state index in [1.54, 1.807) is 0 Å². The molecule has 1 heterocycles. The quantitative estimate of drug-likeness (QED) is 0.452. The van der Waals surface area contributed by atoms with Gasteiger partial charge in [-0.25, -0.2) is 14.2 Å². The van der Waals surface area contributed by atoms with E-state index in [1.807, 2.05) is 0 Å². The first-order valence-corrected chi connectivity index (χ1v) is 8.02. The number of alkyl halides is 1. The monoisotopic (exact) mass is 360 g/mol. The lowest BCUT2D eigenvalue weighted by Gasteiger charge is -2.34. The molecular weight excluding hydrogens is 343 g/mol. The molecule has 1 saturated carbocycles. The van der Waals surface area contributed by atoms with E-state index in [-0.39, 0.29) is 23.6 Å². The predicted molar refractivity (Wildman–Crippen MR) is 85.1 cm³/mol. The number of aromatic nitrogens is 2. The van der Waals surface area contributed by atoms with Gasteiger partial charge in [-0.05, 0) is 30.9 Å². The van der Waals surface area contributed by atoms with Crippen LogP contribution in [0.5, 0.6) is 0 Å². The fourth-order valence-electron chi connectivity index (χ4n) is 2.88. The van der Waals surface area contributed by atoms with Crippen molar-refractivity contribution in [2.75, 3.05) is 11.4 Å². The van der Waals surface area contributed by atoms with E-state index in [1.165, 1.54) is 11.8 Å². The normalized spacial score (nSPS) is 17.5. The van der Waals surface area contributed by atoms with Gasteiger partial charge in [0, 0.05) is 6.04 Å². The highest BCUT2D eigenvalue weighted by molar-refractivity contribution is 6.28. The molecule has 0 radical (unpaired) electrons. The molecule has 1 unspecified atom stereocenters. The molecule has 0 bridgehead atoms. The van der Waals surface area contributed by atoms with Gasteiger partial charge in [-0.3, -0.25) is 10.1 Å². The number of carboxylic acid groups (broad SMARTS) is 1. The van der Waals surface area contributed by atoms with Gasteiger partial charge in [0.1, 0.15) is 6.20 Å². The Morgan fingerprint density at radius 1 is 1.58 bits per heavy atom. The minimum Gasteiger partial charge on any atom is -0.479 e. The third-order valence-corrected chi connectivity index (χ3v) is 4.50. The Balaban J connectivity index is 2.49. The molecule has 1 atom stereocenters. The second-order valence-electron chi connectivity index (χ2n) is 5.80. The maximum atomic E-state index is 14.8. The molecular formula is C14H18ClFN4O4. The topological polar surface area (TPSA) is 109 Å². The van der Waals surface area contributed by atoms with Crippen molar-refractivity contribution in [3.63, 3.8) is 0 Å². The van der Waals surface area contributed by atoms with E-state index in [4.69, 9.17) is 11.6 Å². The zero-order chi connectivity index (χ0) is 17.9. The highest BCUT2D eigenvalue weighted by atomic mass is 35.5. The van der Waals surface area contributed by atoms with Crippen LogP contribution in [0.2, 0.25) is 5.28 Å². The maximum absolute atomic E-state index is 14.8. The fraction of sp³-hybridized carbons (Fsp3) is 0.643. The first-order chi connectivity index (χ1) is 11.3. The van der Waals surface area contributed by atoms with Crippen LogP contribution in [0.4, 0.5) is 15.9 Å². The van der Waals surface area contributed by atoms with Crippen LogP contribution in [0.1, 0.15) is 39.0 Å². The molecule has 1 aromatic heterocycles. The first-order valence-electron chi connectivity index (χ1n) is 7.64. The largest absolute Gasteiger partial charge is 0.479 e. The molecule has 24 heavy (non-hydrogen) atoms. The minimum absolute atomic E-state index is 0.136. The van der Waals surface area contributed by atoms with Gasteiger partial charge in [-0.1, -0.05) is 19.8 Å². The van der Waals surface area contributed by atoms with E-state index in [0.29, 0.717) is 12.8 Å². The molecule has 1 fully saturated rings. The molecule has 2 rings (SSSR count). The standard InChI is InChI=1S/C14H18ClFN4O4/c1-2-14(16,12(21)22)8-19(9-5-3-4-6-9)11-10(20(23)24)7-17-13(15)18-11/h7,9H,2-6,8H2,1H3,(H,21,22). The number of carbonyl (C=O) groups is 1. The molecule has 1 aliphatic carbocycles. The van der Waals surface area contributed by atoms with E-state index in [9.17, 15) is 24.4 Å². The van der Waals surface area contributed by atoms with Gasteiger partial charge in [0.05, 0.1) is 11.5 Å². The Morgan fingerprint density at radius 3 is 2.71 bits per heavy atom. The van der Waals surface area contributed by atoms with Crippen molar-refractivity contribution in [2.24, 2.45) is 0 Å².